The summed E-state index contributed by atoms with van der Waals surface area (Å²) in [7, 11) is -0.807. The highest BCUT2D eigenvalue weighted by Crippen LogP contribution is 2.44. The summed E-state index contributed by atoms with van der Waals surface area (Å²) in [4.78, 5) is 27.6. The Morgan fingerprint density at radius 2 is 1.73 bits per heavy atom. The van der Waals surface area contributed by atoms with E-state index in [1.165, 1.54) is 18.1 Å². The van der Waals surface area contributed by atoms with Crippen molar-refractivity contribution in [1.29, 1.82) is 0 Å². The van der Waals surface area contributed by atoms with E-state index in [2.05, 4.69) is 74.6 Å². The van der Waals surface area contributed by atoms with Crippen molar-refractivity contribution in [2.45, 2.75) is 114 Å². The molecular formula is C47H54F3N5O4Si. The number of benzene rings is 2. The molecule has 0 saturated carbocycles. The van der Waals surface area contributed by atoms with Gasteiger partial charge < -0.3 is 19.5 Å². The molecule has 0 radical (unpaired) electrons. The minimum atomic E-state index is -2.31. The van der Waals surface area contributed by atoms with Gasteiger partial charge in [0, 0.05) is 55.7 Å². The standard InChI is InChI=1S/C47H54F3N5O4Si/c1-28(2)60(29(3)4,30(5)6)18-14-37-40(49)12-9-31-19-36(59-27-58-7)21-38(42(31)37)44-43(50)45-39(23-51-44)41(53-25-34-10-11-35(26-53)55(34)46(56)57)20-33(52-45)13-16-47-15-8-17-54(47)24-32(48)22-47/h9,12,19-21,23,28-30,32,34-35H,8,10-11,15,17,22,24-27H2,1-7H3,(H,56,57)/t32-,34-,35+,47-/m1/s1. The molecule has 1 amide bonds. The van der Waals surface area contributed by atoms with Gasteiger partial charge >= 0.3 is 6.09 Å². The largest absolute Gasteiger partial charge is 0.468 e. The molecular weight excluding hydrogens is 784 g/mol. The molecule has 2 bridgehead atoms. The van der Waals surface area contributed by atoms with Crippen LogP contribution in [0.1, 0.15) is 84.9 Å². The van der Waals surface area contributed by atoms with Gasteiger partial charge in [0.05, 0.1) is 28.9 Å². The summed E-state index contributed by atoms with van der Waals surface area (Å²) in [5, 5.41) is 11.5. The third-order valence-electron chi connectivity index (χ3n) is 13.8. The molecule has 9 nitrogen and oxygen atoms in total. The number of amides is 1. The molecule has 0 aliphatic carbocycles. The van der Waals surface area contributed by atoms with Crippen molar-refractivity contribution in [2.24, 2.45) is 0 Å². The average molecular weight is 838 g/mol. The van der Waals surface area contributed by atoms with Gasteiger partial charge in [-0.2, -0.15) is 0 Å². The summed E-state index contributed by atoms with van der Waals surface area (Å²) < 4.78 is 59.9. The van der Waals surface area contributed by atoms with Crippen LogP contribution >= 0.6 is 0 Å². The third-order valence-corrected chi connectivity index (χ3v) is 20.0. The number of piperazine rings is 1. The van der Waals surface area contributed by atoms with E-state index in [4.69, 9.17) is 19.4 Å². The van der Waals surface area contributed by atoms with Crippen molar-refractivity contribution in [2.75, 3.05) is 45.0 Å². The zero-order valence-electron chi connectivity index (χ0n) is 35.5. The van der Waals surface area contributed by atoms with Gasteiger partial charge in [-0.3, -0.25) is 14.8 Å². The van der Waals surface area contributed by atoms with Crippen LogP contribution in [0.5, 0.6) is 5.75 Å². The van der Waals surface area contributed by atoms with Crippen LogP contribution in [0.4, 0.5) is 23.7 Å². The normalized spacial score (nSPS) is 22.8. The first-order chi connectivity index (χ1) is 28.7. The molecule has 4 saturated heterocycles. The number of anilines is 1. The minimum Gasteiger partial charge on any atom is -0.468 e. The number of alkyl halides is 1. The summed E-state index contributed by atoms with van der Waals surface area (Å²) in [6, 6.07) is 7.84. The number of halogens is 3. The number of nitrogens with zero attached hydrogens (tertiary/aromatic N) is 5. The number of hydrogen-bond acceptors (Lipinski definition) is 7. The molecule has 4 atom stereocenters. The number of hydrogen-bond donors (Lipinski definition) is 1. The lowest BCUT2D eigenvalue weighted by Gasteiger charge is -2.41. The lowest BCUT2D eigenvalue weighted by Crippen LogP contribution is -2.55. The van der Waals surface area contributed by atoms with E-state index in [1.54, 1.807) is 24.4 Å². The van der Waals surface area contributed by atoms with Crippen LogP contribution in [0.25, 0.3) is 32.9 Å². The van der Waals surface area contributed by atoms with Crippen LogP contribution in [0.15, 0.2) is 36.5 Å². The first-order valence-corrected chi connectivity index (χ1v) is 23.5. The predicted octanol–water partition coefficient (Wildman–Crippen LogP) is 9.54. The van der Waals surface area contributed by atoms with Crippen LogP contribution in [-0.2, 0) is 4.74 Å². The molecule has 60 heavy (non-hydrogen) atoms. The summed E-state index contributed by atoms with van der Waals surface area (Å²) in [5.41, 5.74) is 5.38. The van der Waals surface area contributed by atoms with E-state index >= 15 is 8.78 Å². The first kappa shape index (κ1) is 41.9. The Balaban J connectivity index is 1.34. The van der Waals surface area contributed by atoms with Crippen molar-refractivity contribution in [3.8, 4) is 40.3 Å². The highest BCUT2D eigenvalue weighted by Gasteiger charge is 2.48. The Labute approximate surface area is 351 Å². The number of fused-ring (bicyclic) bond motifs is 5. The Morgan fingerprint density at radius 3 is 2.40 bits per heavy atom. The Morgan fingerprint density at radius 1 is 1.02 bits per heavy atom. The average Bonchev–Trinajstić information content (AvgIpc) is 3.83. The van der Waals surface area contributed by atoms with Crippen LogP contribution in [0.3, 0.4) is 0 Å². The molecule has 2 aromatic carbocycles. The fraction of sp³-hybridized carbons (Fsp3) is 0.511. The quantitative estimate of drug-likeness (QED) is 0.107. The summed E-state index contributed by atoms with van der Waals surface area (Å²) >= 11 is 0. The Kier molecular flexibility index (Phi) is 11.3. The molecule has 8 rings (SSSR count). The molecule has 1 N–H and O–H groups in total. The minimum absolute atomic E-state index is 0.0247. The van der Waals surface area contributed by atoms with Crippen molar-refractivity contribution < 1.29 is 32.5 Å². The number of rotatable bonds is 8. The summed E-state index contributed by atoms with van der Waals surface area (Å²) in [5.74, 6) is 9.09. The number of ether oxygens (including phenoxy) is 2. The van der Waals surface area contributed by atoms with Crippen molar-refractivity contribution in [3.05, 3.63) is 59.4 Å². The number of aromatic nitrogens is 2. The Bertz CT molecular complexity index is 2440. The molecule has 13 heteroatoms. The van der Waals surface area contributed by atoms with Crippen LogP contribution in [0.2, 0.25) is 16.6 Å². The monoisotopic (exact) mass is 837 g/mol. The van der Waals surface area contributed by atoms with Crippen LogP contribution < -0.4 is 9.64 Å². The highest BCUT2D eigenvalue weighted by molar-refractivity contribution is 6.90. The predicted molar refractivity (Wildman–Crippen MR) is 232 cm³/mol. The topological polar surface area (TPSA) is 91.3 Å². The first-order valence-electron chi connectivity index (χ1n) is 21.3. The molecule has 6 heterocycles. The molecule has 0 spiro atoms. The summed E-state index contributed by atoms with van der Waals surface area (Å²) in [6.45, 7) is 15.1. The third kappa shape index (κ3) is 7.16. The SMILES string of the molecule is COCOc1cc(-c2ncc3c(N4C[C@H]5CC[C@@H](C4)N5C(=O)O)cc(C#C[C@@]45CCCN4C[C@H](F)C5)nc3c2F)c2c(C#C[Si](C(C)C)(C(C)C)C(C)C)c(F)ccc2c1. The molecule has 4 aliphatic heterocycles. The maximum absolute atomic E-state index is 17.7. The molecule has 4 aromatic rings. The van der Waals surface area contributed by atoms with E-state index in [9.17, 15) is 14.3 Å². The molecule has 316 valence electrons. The lowest BCUT2D eigenvalue weighted by atomic mass is 9.94. The van der Waals surface area contributed by atoms with Gasteiger partial charge in [-0.05, 0) is 84.4 Å². The number of carbonyl (C=O) groups is 1. The molecule has 4 fully saturated rings. The number of methoxy groups -OCH3 is 1. The number of pyridine rings is 2. The second-order valence-electron chi connectivity index (χ2n) is 18.0. The molecule has 0 unspecified atom stereocenters. The molecule has 2 aromatic heterocycles. The fourth-order valence-corrected chi connectivity index (χ4v) is 16.3. The van der Waals surface area contributed by atoms with Gasteiger partial charge in [0.25, 0.3) is 0 Å². The van der Waals surface area contributed by atoms with Gasteiger partial charge in [0.15, 0.2) is 12.6 Å². The fourth-order valence-electron chi connectivity index (χ4n) is 11.1. The number of carboxylic acid groups (broad SMARTS) is 1. The second kappa shape index (κ2) is 16.2. The smallest absolute Gasteiger partial charge is 0.407 e. The Hall–Kier alpha value is -4.82. The van der Waals surface area contributed by atoms with Gasteiger partial charge in [-0.25, -0.2) is 22.9 Å². The van der Waals surface area contributed by atoms with Crippen molar-refractivity contribution in [1.82, 2.24) is 19.8 Å². The van der Waals surface area contributed by atoms with Gasteiger partial charge in [-0.15, -0.1) is 5.54 Å². The van der Waals surface area contributed by atoms with Crippen LogP contribution in [-0.4, -0.2) is 103 Å². The van der Waals surface area contributed by atoms with E-state index in [-0.39, 0.29) is 35.7 Å². The highest BCUT2D eigenvalue weighted by atomic mass is 28.3. The van der Waals surface area contributed by atoms with Gasteiger partial charge in [0.2, 0.25) is 0 Å². The maximum Gasteiger partial charge on any atom is 0.407 e. The zero-order valence-corrected chi connectivity index (χ0v) is 36.5. The zero-order chi connectivity index (χ0) is 42.7. The summed E-state index contributed by atoms with van der Waals surface area (Å²) in [6.07, 6.45) is 3.12. The maximum atomic E-state index is 17.7. The van der Waals surface area contributed by atoms with E-state index < -0.39 is 37.5 Å². The van der Waals surface area contributed by atoms with Crippen molar-refractivity contribution >= 4 is 41.5 Å². The van der Waals surface area contributed by atoms with E-state index in [0.29, 0.717) is 81.5 Å². The van der Waals surface area contributed by atoms with Crippen LogP contribution in [0, 0.1) is 34.9 Å². The van der Waals surface area contributed by atoms with E-state index in [1.807, 2.05) is 6.07 Å². The second-order valence-corrected chi connectivity index (χ2v) is 23.6. The molecule has 4 aliphatic rings. The van der Waals surface area contributed by atoms with E-state index in [0.717, 1.165) is 32.2 Å². The lowest BCUT2D eigenvalue weighted by molar-refractivity contribution is 0.0512. The van der Waals surface area contributed by atoms with Gasteiger partial charge in [-0.1, -0.05) is 59.4 Å². The van der Waals surface area contributed by atoms with Crippen molar-refractivity contribution in [3.63, 3.8) is 0 Å². The van der Waals surface area contributed by atoms with Gasteiger partial charge in [0.1, 0.15) is 42.7 Å².